The van der Waals surface area contributed by atoms with Gasteiger partial charge < -0.3 is 4.98 Å². The summed E-state index contributed by atoms with van der Waals surface area (Å²) in [7, 11) is 0. The molecule has 3 rings (SSSR count). The topological polar surface area (TPSA) is 87.2 Å². The number of halogens is 1. The Kier molecular flexibility index (Phi) is 5.35. The first-order valence-corrected chi connectivity index (χ1v) is 8.46. The van der Waals surface area contributed by atoms with Crippen molar-refractivity contribution in [3.63, 3.8) is 0 Å². The Hall–Kier alpha value is -2.80. The fourth-order valence-electron chi connectivity index (χ4n) is 2.25. The number of para-hydroxylation sites is 2. The number of hydrogen-bond donors (Lipinski definition) is 2. The van der Waals surface area contributed by atoms with E-state index in [9.17, 15) is 9.59 Å². The van der Waals surface area contributed by atoms with Gasteiger partial charge in [0.05, 0.1) is 17.2 Å². The molecule has 0 saturated carbocycles. The highest BCUT2D eigenvalue weighted by Crippen LogP contribution is 2.09. The molecule has 1 aromatic heterocycles. The number of aryl methyl sites for hydroxylation is 1. The van der Waals surface area contributed by atoms with Crippen molar-refractivity contribution in [2.24, 2.45) is 5.10 Å². The maximum atomic E-state index is 12.0. The van der Waals surface area contributed by atoms with E-state index in [2.05, 4.69) is 36.4 Å². The number of hydrogen-bond acceptors (Lipinski definition) is 4. The van der Waals surface area contributed by atoms with Crippen LogP contribution in [-0.4, -0.2) is 22.1 Å². The van der Waals surface area contributed by atoms with Gasteiger partial charge in [0.2, 0.25) is 5.91 Å². The van der Waals surface area contributed by atoms with Crippen LogP contribution >= 0.6 is 15.9 Å². The summed E-state index contributed by atoms with van der Waals surface area (Å²) in [6.45, 7) is 0. The van der Waals surface area contributed by atoms with Crippen LogP contribution < -0.4 is 11.0 Å². The smallest absolute Gasteiger partial charge is 0.270 e. The highest BCUT2D eigenvalue weighted by Gasteiger charge is 2.07. The Morgan fingerprint density at radius 3 is 2.76 bits per heavy atom. The molecule has 0 fully saturated rings. The summed E-state index contributed by atoms with van der Waals surface area (Å²) < 4.78 is 0.974. The van der Waals surface area contributed by atoms with Gasteiger partial charge in [-0.1, -0.05) is 40.2 Å². The number of aromatic nitrogens is 2. The fraction of sp³-hybridized carbons (Fsp3) is 0.111. The zero-order valence-electron chi connectivity index (χ0n) is 13.2. The molecule has 0 saturated heterocycles. The Morgan fingerprint density at radius 2 is 1.96 bits per heavy atom. The zero-order valence-corrected chi connectivity index (χ0v) is 14.8. The number of carbonyl (C=O) groups is 1. The number of H-pyrrole nitrogens is 1. The third kappa shape index (κ3) is 4.60. The van der Waals surface area contributed by atoms with Crippen molar-refractivity contribution < 1.29 is 4.79 Å². The molecular formula is C18H15BrN4O2. The van der Waals surface area contributed by atoms with Crippen LogP contribution in [0.3, 0.4) is 0 Å². The van der Waals surface area contributed by atoms with Crippen molar-refractivity contribution in [1.29, 1.82) is 0 Å². The minimum absolute atomic E-state index is 0.131. The van der Waals surface area contributed by atoms with Crippen LogP contribution in [0.2, 0.25) is 0 Å². The van der Waals surface area contributed by atoms with Crippen molar-refractivity contribution in [2.75, 3.05) is 0 Å². The van der Waals surface area contributed by atoms with Crippen LogP contribution in [0.4, 0.5) is 0 Å². The first-order chi connectivity index (χ1) is 12.1. The van der Waals surface area contributed by atoms with Crippen molar-refractivity contribution in [1.82, 2.24) is 15.4 Å². The summed E-state index contributed by atoms with van der Waals surface area (Å²) >= 11 is 3.35. The molecule has 0 aliphatic rings. The monoisotopic (exact) mass is 398 g/mol. The molecule has 0 spiro atoms. The second-order valence-corrected chi connectivity index (χ2v) is 6.29. The van der Waals surface area contributed by atoms with Crippen molar-refractivity contribution in [2.45, 2.75) is 12.8 Å². The predicted octanol–water partition coefficient (Wildman–Crippen LogP) is 2.77. The zero-order chi connectivity index (χ0) is 17.6. The first kappa shape index (κ1) is 17.0. The number of nitrogens with one attached hydrogen (secondary N) is 2. The summed E-state index contributed by atoms with van der Waals surface area (Å²) in [6.07, 6.45) is 1.94. The molecule has 0 unspecified atom stereocenters. The Morgan fingerprint density at radius 1 is 1.20 bits per heavy atom. The first-order valence-electron chi connectivity index (χ1n) is 7.67. The summed E-state index contributed by atoms with van der Waals surface area (Å²) in [5.74, 6) is -0.275. The van der Waals surface area contributed by atoms with Crippen LogP contribution in [0.1, 0.15) is 17.7 Å². The van der Waals surface area contributed by atoms with Gasteiger partial charge in [0.25, 0.3) is 5.56 Å². The molecule has 126 valence electrons. The van der Waals surface area contributed by atoms with Gasteiger partial charge in [-0.05, 0) is 29.8 Å². The lowest BCUT2D eigenvalue weighted by Crippen LogP contribution is -2.21. The molecular weight excluding hydrogens is 384 g/mol. The normalized spacial score (nSPS) is 11.1. The van der Waals surface area contributed by atoms with E-state index in [0.29, 0.717) is 16.7 Å². The number of fused-ring (bicyclic) bond motifs is 1. The predicted molar refractivity (Wildman–Crippen MR) is 101 cm³/mol. The Balaban J connectivity index is 1.58. The second-order valence-electron chi connectivity index (χ2n) is 5.37. The van der Waals surface area contributed by atoms with E-state index < -0.39 is 0 Å². The molecule has 25 heavy (non-hydrogen) atoms. The summed E-state index contributed by atoms with van der Waals surface area (Å²) in [5.41, 5.74) is 4.77. The minimum Gasteiger partial charge on any atom is -0.319 e. The number of carbonyl (C=O) groups excluding carboxylic acids is 1. The molecule has 2 aromatic carbocycles. The van der Waals surface area contributed by atoms with Crippen molar-refractivity contribution >= 4 is 39.1 Å². The van der Waals surface area contributed by atoms with Crippen LogP contribution in [0.5, 0.6) is 0 Å². The Bertz CT molecular complexity index is 980. The van der Waals surface area contributed by atoms with Gasteiger partial charge in [0, 0.05) is 17.3 Å². The molecule has 0 bridgehead atoms. The highest BCUT2D eigenvalue weighted by molar-refractivity contribution is 9.10. The van der Waals surface area contributed by atoms with Gasteiger partial charge in [-0.2, -0.15) is 5.10 Å². The van der Waals surface area contributed by atoms with Gasteiger partial charge in [0.1, 0.15) is 5.69 Å². The van der Waals surface area contributed by atoms with E-state index >= 15 is 0 Å². The maximum absolute atomic E-state index is 12.0. The van der Waals surface area contributed by atoms with E-state index in [1.165, 1.54) is 0 Å². The maximum Gasteiger partial charge on any atom is 0.270 e. The number of aromatic amines is 1. The number of benzene rings is 2. The Labute approximate surface area is 152 Å². The molecule has 1 heterocycles. The van der Waals surface area contributed by atoms with E-state index in [1.807, 2.05) is 42.5 Å². The largest absolute Gasteiger partial charge is 0.319 e. The van der Waals surface area contributed by atoms with E-state index in [1.54, 1.807) is 12.3 Å². The minimum atomic E-state index is -0.275. The standard InChI is InChI=1S/C18H15BrN4O2/c19-13-7-5-12(6-8-13)11-20-23-17(24)10-9-16-18(25)22-15-4-2-1-3-14(15)21-16/h1-8,11H,9-10H2,(H,22,25)(H,23,24)/b20-11+. The molecule has 0 atom stereocenters. The lowest BCUT2D eigenvalue weighted by Gasteiger charge is -2.02. The third-order valence-electron chi connectivity index (χ3n) is 3.53. The average Bonchev–Trinajstić information content (AvgIpc) is 2.61. The molecule has 6 nitrogen and oxygen atoms in total. The molecule has 3 aromatic rings. The SMILES string of the molecule is O=C(CCc1nc2ccccc2[nH]c1=O)N/N=C/c1ccc(Br)cc1. The van der Waals surface area contributed by atoms with Gasteiger partial charge in [-0.25, -0.2) is 10.4 Å². The molecule has 7 heteroatoms. The van der Waals surface area contributed by atoms with Gasteiger partial charge >= 0.3 is 0 Å². The lowest BCUT2D eigenvalue weighted by molar-refractivity contribution is -0.121. The van der Waals surface area contributed by atoms with Crippen LogP contribution in [-0.2, 0) is 11.2 Å². The quantitative estimate of drug-likeness (QED) is 0.511. The van der Waals surface area contributed by atoms with Crippen LogP contribution in [0.25, 0.3) is 11.0 Å². The molecule has 0 radical (unpaired) electrons. The van der Waals surface area contributed by atoms with Crippen molar-refractivity contribution in [3.8, 4) is 0 Å². The number of amides is 1. The third-order valence-corrected chi connectivity index (χ3v) is 4.06. The number of hydrazone groups is 1. The second kappa shape index (κ2) is 7.85. The summed E-state index contributed by atoms with van der Waals surface area (Å²) in [6, 6.07) is 14.8. The molecule has 0 aliphatic heterocycles. The van der Waals surface area contributed by atoms with E-state index in [4.69, 9.17) is 0 Å². The van der Waals surface area contributed by atoms with E-state index in [-0.39, 0.29) is 24.3 Å². The summed E-state index contributed by atoms with van der Waals surface area (Å²) in [4.78, 5) is 30.9. The fourth-order valence-corrected chi connectivity index (χ4v) is 2.52. The van der Waals surface area contributed by atoms with E-state index in [0.717, 1.165) is 10.0 Å². The van der Waals surface area contributed by atoms with Crippen LogP contribution in [0.15, 0.2) is 62.9 Å². The number of rotatable bonds is 5. The van der Waals surface area contributed by atoms with Crippen LogP contribution in [0, 0.1) is 0 Å². The number of nitrogens with zero attached hydrogens (tertiary/aromatic N) is 2. The van der Waals surface area contributed by atoms with Gasteiger partial charge in [-0.15, -0.1) is 0 Å². The van der Waals surface area contributed by atoms with Gasteiger partial charge in [0.15, 0.2) is 0 Å². The molecule has 1 amide bonds. The summed E-state index contributed by atoms with van der Waals surface area (Å²) in [5, 5.41) is 3.91. The highest BCUT2D eigenvalue weighted by atomic mass is 79.9. The van der Waals surface area contributed by atoms with Crippen molar-refractivity contribution in [3.05, 3.63) is 74.6 Å². The molecule has 2 N–H and O–H groups in total. The lowest BCUT2D eigenvalue weighted by atomic mass is 10.2. The molecule has 0 aliphatic carbocycles. The van der Waals surface area contributed by atoms with Gasteiger partial charge in [-0.3, -0.25) is 9.59 Å². The average molecular weight is 399 g/mol.